The van der Waals surface area contributed by atoms with Gasteiger partial charge in [-0.3, -0.25) is 9.69 Å². The number of anilines is 1. The second-order valence-corrected chi connectivity index (χ2v) is 9.75. The topological polar surface area (TPSA) is 23.6 Å². The van der Waals surface area contributed by atoms with Gasteiger partial charge < -0.3 is 4.90 Å². The summed E-state index contributed by atoms with van der Waals surface area (Å²) in [5.74, 6) is 0.293. The highest BCUT2D eigenvalue weighted by molar-refractivity contribution is 5.99. The van der Waals surface area contributed by atoms with Crippen LogP contribution in [0.15, 0.2) is 102 Å². The lowest BCUT2D eigenvalue weighted by Gasteiger charge is -2.50. The zero-order chi connectivity index (χ0) is 22.1. The Hall–Kier alpha value is -3.17. The van der Waals surface area contributed by atoms with Crippen LogP contribution >= 0.6 is 0 Å². The summed E-state index contributed by atoms with van der Waals surface area (Å²) in [5, 5.41) is 0. The van der Waals surface area contributed by atoms with E-state index in [1.54, 1.807) is 0 Å². The molecule has 0 amide bonds. The fraction of sp³-hybridized carbons (Fsp3) is 0.276. The van der Waals surface area contributed by atoms with Crippen molar-refractivity contribution >= 4 is 11.5 Å². The van der Waals surface area contributed by atoms with E-state index in [0.717, 1.165) is 24.2 Å². The van der Waals surface area contributed by atoms with Gasteiger partial charge in [-0.1, -0.05) is 92.7 Å². The number of hydrogen-bond acceptors (Lipinski definition) is 3. The molecule has 0 radical (unpaired) electrons. The van der Waals surface area contributed by atoms with Crippen LogP contribution in [-0.2, 0) is 11.3 Å². The zero-order valence-corrected chi connectivity index (χ0v) is 18.9. The first-order valence-corrected chi connectivity index (χ1v) is 11.4. The third-order valence-corrected chi connectivity index (χ3v) is 6.57. The van der Waals surface area contributed by atoms with E-state index >= 15 is 0 Å². The van der Waals surface area contributed by atoms with Crippen LogP contribution in [0, 0.1) is 5.41 Å². The fourth-order valence-corrected chi connectivity index (χ4v) is 5.17. The van der Waals surface area contributed by atoms with Crippen LogP contribution in [0.1, 0.15) is 44.0 Å². The van der Waals surface area contributed by atoms with E-state index in [-0.39, 0.29) is 11.6 Å². The number of allylic oxidation sites excluding steroid dienone is 1. The standard InChI is InChI=1S/C29H30N2O/c1-29(2)18-26-25(27(32)19-29)21-30(20-22-12-6-3-7-13-22)28(23-14-8-4-9-15-23)31(26)24-16-10-5-11-17-24/h3-17,28H,18-21H2,1-2H3. The lowest BCUT2D eigenvalue weighted by atomic mass is 9.74. The Labute approximate surface area is 191 Å². The molecule has 0 N–H and O–H groups in total. The number of rotatable bonds is 4. The highest BCUT2D eigenvalue weighted by atomic mass is 16.1. The van der Waals surface area contributed by atoms with Crippen LogP contribution < -0.4 is 4.90 Å². The average molecular weight is 423 g/mol. The largest absolute Gasteiger partial charge is 0.324 e. The Balaban J connectivity index is 1.69. The molecule has 5 rings (SSSR count). The number of nitrogens with zero attached hydrogens (tertiary/aromatic N) is 2. The molecule has 0 spiro atoms. The zero-order valence-electron chi connectivity index (χ0n) is 18.9. The van der Waals surface area contributed by atoms with Crippen LogP contribution in [-0.4, -0.2) is 17.2 Å². The third-order valence-electron chi connectivity index (χ3n) is 6.57. The van der Waals surface area contributed by atoms with Crippen LogP contribution in [0.5, 0.6) is 0 Å². The number of para-hydroxylation sites is 1. The first kappa shape index (κ1) is 20.7. The predicted octanol–water partition coefficient (Wildman–Crippen LogP) is 6.35. The normalized spacial score (nSPS) is 20.9. The first-order chi connectivity index (χ1) is 15.5. The van der Waals surface area contributed by atoms with Crippen LogP contribution in [0.25, 0.3) is 0 Å². The number of ketones is 1. The first-order valence-electron chi connectivity index (χ1n) is 11.4. The van der Waals surface area contributed by atoms with Crippen molar-refractivity contribution in [3.8, 4) is 0 Å². The molecule has 0 bridgehead atoms. The Morgan fingerprint density at radius 2 is 1.41 bits per heavy atom. The summed E-state index contributed by atoms with van der Waals surface area (Å²) < 4.78 is 0. The van der Waals surface area contributed by atoms with Crippen molar-refractivity contribution in [3.05, 3.63) is 113 Å². The lowest BCUT2D eigenvalue weighted by molar-refractivity contribution is -0.118. The number of carbonyl (C=O) groups is 1. The van der Waals surface area contributed by atoms with Gasteiger partial charge in [0.05, 0.1) is 0 Å². The highest BCUT2D eigenvalue weighted by Gasteiger charge is 2.43. The molecule has 0 aromatic heterocycles. The van der Waals surface area contributed by atoms with E-state index in [1.165, 1.54) is 16.8 Å². The molecule has 0 fully saturated rings. The van der Waals surface area contributed by atoms with Gasteiger partial charge in [-0.15, -0.1) is 0 Å². The van der Waals surface area contributed by atoms with Crippen molar-refractivity contribution in [2.45, 2.75) is 39.4 Å². The molecule has 1 aliphatic carbocycles. The van der Waals surface area contributed by atoms with Gasteiger partial charge in [-0.25, -0.2) is 0 Å². The minimum absolute atomic E-state index is 0.0271. The van der Waals surface area contributed by atoms with E-state index in [2.05, 4.69) is 115 Å². The Kier molecular flexibility index (Phi) is 5.44. The summed E-state index contributed by atoms with van der Waals surface area (Å²) in [6.07, 6.45) is 1.55. The molecule has 0 saturated heterocycles. The number of Topliss-reactive ketones (excluding diaryl/α,β-unsaturated/α-hetero) is 1. The van der Waals surface area contributed by atoms with Crippen molar-refractivity contribution in [1.82, 2.24) is 4.90 Å². The van der Waals surface area contributed by atoms with Gasteiger partial charge in [0.2, 0.25) is 0 Å². The SMILES string of the molecule is CC1(C)CC(=O)C2=C(C1)N(c1ccccc1)C(c1ccccc1)N(Cc1ccccc1)C2. The van der Waals surface area contributed by atoms with Gasteiger partial charge in [0, 0.05) is 36.5 Å². The van der Waals surface area contributed by atoms with Gasteiger partial charge in [0.25, 0.3) is 0 Å². The molecular weight excluding hydrogens is 392 g/mol. The maximum absolute atomic E-state index is 13.4. The summed E-state index contributed by atoms with van der Waals surface area (Å²) in [7, 11) is 0. The smallest absolute Gasteiger partial charge is 0.162 e. The average Bonchev–Trinajstić information content (AvgIpc) is 2.80. The van der Waals surface area contributed by atoms with E-state index in [1.807, 2.05) is 0 Å². The molecule has 1 atom stereocenters. The van der Waals surface area contributed by atoms with Gasteiger partial charge in [0.1, 0.15) is 6.17 Å². The molecule has 3 nitrogen and oxygen atoms in total. The Morgan fingerprint density at radius 3 is 2.06 bits per heavy atom. The molecule has 2 aliphatic rings. The van der Waals surface area contributed by atoms with E-state index in [4.69, 9.17) is 0 Å². The van der Waals surface area contributed by atoms with Crippen molar-refractivity contribution < 1.29 is 4.79 Å². The fourth-order valence-electron chi connectivity index (χ4n) is 5.17. The highest BCUT2D eigenvalue weighted by Crippen LogP contribution is 2.47. The number of hydrogen-bond donors (Lipinski definition) is 0. The molecule has 1 unspecified atom stereocenters. The van der Waals surface area contributed by atoms with Crippen molar-refractivity contribution in [1.29, 1.82) is 0 Å². The third kappa shape index (κ3) is 4.01. The number of carbonyl (C=O) groups excluding carboxylic acids is 1. The second kappa shape index (κ2) is 8.40. The molecule has 3 aromatic rings. The molecular formula is C29H30N2O. The van der Waals surface area contributed by atoms with Gasteiger partial charge in [0.15, 0.2) is 5.78 Å². The summed E-state index contributed by atoms with van der Waals surface area (Å²) in [6, 6.07) is 31.8. The van der Waals surface area contributed by atoms with E-state index < -0.39 is 0 Å². The Morgan fingerprint density at radius 1 is 0.812 bits per heavy atom. The molecule has 3 heteroatoms. The molecule has 1 aliphatic heterocycles. The lowest BCUT2D eigenvalue weighted by Crippen LogP contribution is -2.50. The monoisotopic (exact) mass is 422 g/mol. The van der Waals surface area contributed by atoms with E-state index in [9.17, 15) is 4.79 Å². The summed E-state index contributed by atoms with van der Waals surface area (Å²) in [6.45, 7) is 5.90. The Bertz CT molecular complexity index is 1120. The minimum atomic E-state index is -0.0359. The van der Waals surface area contributed by atoms with Crippen molar-refractivity contribution in [2.24, 2.45) is 5.41 Å². The van der Waals surface area contributed by atoms with Crippen LogP contribution in [0.2, 0.25) is 0 Å². The van der Waals surface area contributed by atoms with Crippen molar-refractivity contribution in [3.63, 3.8) is 0 Å². The molecule has 162 valence electrons. The van der Waals surface area contributed by atoms with Gasteiger partial charge in [-0.05, 0) is 35.1 Å². The maximum Gasteiger partial charge on any atom is 0.162 e. The summed E-state index contributed by atoms with van der Waals surface area (Å²) in [4.78, 5) is 18.2. The van der Waals surface area contributed by atoms with Crippen molar-refractivity contribution in [2.75, 3.05) is 11.4 Å². The molecule has 32 heavy (non-hydrogen) atoms. The summed E-state index contributed by atoms with van der Waals surface area (Å²) in [5.41, 5.74) is 5.78. The summed E-state index contributed by atoms with van der Waals surface area (Å²) >= 11 is 0. The molecule has 0 saturated carbocycles. The van der Waals surface area contributed by atoms with Gasteiger partial charge in [-0.2, -0.15) is 0 Å². The second-order valence-electron chi connectivity index (χ2n) is 9.75. The molecule has 1 heterocycles. The van der Waals surface area contributed by atoms with Crippen LogP contribution in [0.3, 0.4) is 0 Å². The maximum atomic E-state index is 13.4. The molecule has 3 aromatic carbocycles. The minimum Gasteiger partial charge on any atom is -0.324 e. The quantitative estimate of drug-likeness (QED) is 0.489. The van der Waals surface area contributed by atoms with Gasteiger partial charge >= 0.3 is 0 Å². The number of benzene rings is 3. The predicted molar refractivity (Wildman–Crippen MR) is 130 cm³/mol. The van der Waals surface area contributed by atoms with Crippen LogP contribution in [0.4, 0.5) is 5.69 Å². The van der Waals surface area contributed by atoms with E-state index in [0.29, 0.717) is 18.7 Å².